The van der Waals surface area contributed by atoms with Gasteiger partial charge in [0.2, 0.25) is 5.91 Å². The molecule has 7 nitrogen and oxygen atoms in total. The summed E-state index contributed by atoms with van der Waals surface area (Å²) >= 11 is 0. The number of ether oxygens (including phenoxy) is 1. The Morgan fingerprint density at radius 3 is 2.42 bits per heavy atom. The number of hydrogen-bond donors (Lipinski definition) is 4. The van der Waals surface area contributed by atoms with Crippen LogP contribution < -0.4 is 21.7 Å². The summed E-state index contributed by atoms with van der Waals surface area (Å²) in [5.74, 6) is -0.516. The largest absolute Gasteiger partial charge is 0.447 e. The third-order valence-electron chi connectivity index (χ3n) is 3.87. The Balaban J connectivity index is 0.000000513. The van der Waals surface area contributed by atoms with Crippen LogP contribution in [0.25, 0.3) is 6.08 Å². The van der Waals surface area contributed by atoms with Crippen molar-refractivity contribution in [2.24, 2.45) is 0 Å². The molecule has 0 bridgehead atoms. The molecule has 2 aromatic rings. The minimum Gasteiger partial charge on any atom is -0.447 e. The first-order chi connectivity index (χ1) is 15.7. The molecule has 0 atom stereocenters. The first-order valence-electron chi connectivity index (χ1n) is 10.3. The van der Waals surface area contributed by atoms with E-state index in [2.05, 4.69) is 27.3 Å². The van der Waals surface area contributed by atoms with E-state index >= 15 is 0 Å². The van der Waals surface area contributed by atoms with E-state index < -0.39 is 6.09 Å². The van der Waals surface area contributed by atoms with Gasteiger partial charge in [-0.2, -0.15) is 0 Å². The summed E-state index contributed by atoms with van der Waals surface area (Å²) in [6, 6.07) is 11.9. The second-order valence-corrected chi connectivity index (χ2v) is 7.12. The number of nitrogens with two attached hydrogens (primary N) is 1. The van der Waals surface area contributed by atoms with Gasteiger partial charge in [0.05, 0.1) is 6.10 Å². The lowest BCUT2D eigenvalue weighted by molar-refractivity contribution is -0.115. The van der Waals surface area contributed by atoms with Crippen molar-refractivity contribution in [3.8, 4) is 0 Å². The number of nitrogens with one attached hydrogen (secondary N) is 3. The van der Waals surface area contributed by atoms with Gasteiger partial charge in [-0.25, -0.2) is 9.18 Å². The van der Waals surface area contributed by atoms with Gasteiger partial charge >= 0.3 is 6.09 Å². The molecule has 33 heavy (non-hydrogen) atoms. The number of anilines is 1. The molecule has 0 aromatic heterocycles. The molecule has 0 heterocycles. The summed E-state index contributed by atoms with van der Waals surface area (Å²) in [5.41, 5.74) is 9.34. The molecule has 0 saturated carbocycles. The van der Waals surface area contributed by atoms with Crippen LogP contribution >= 0.6 is 0 Å². The minimum atomic E-state index is -0.458. The number of halogens is 1. The number of benzene rings is 2. The number of hydrogen-bond acceptors (Lipinski definition) is 5. The van der Waals surface area contributed by atoms with Gasteiger partial charge in [0.25, 0.3) is 0 Å². The summed E-state index contributed by atoms with van der Waals surface area (Å²) in [7, 11) is 0. The van der Waals surface area contributed by atoms with Gasteiger partial charge in [-0.3, -0.25) is 10.1 Å². The number of carbonyl (C=O) groups is 2. The number of rotatable bonds is 8. The SMILES string of the molecule is C=CNC(=O)OC(C)C.Cc1ccc(/C=C/C(=O)N/C=C/NCc2ccc(F)cc2)c(N)c1. The number of amides is 2. The quantitative estimate of drug-likeness (QED) is 0.350. The highest BCUT2D eigenvalue weighted by molar-refractivity contribution is 5.93. The molecule has 0 saturated heterocycles. The predicted octanol–water partition coefficient (Wildman–Crippen LogP) is 4.37. The van der Waals surface area contributed by atoms with Crippen LogP contribution in [0.1, 0.15) is 30.5 Å². The van der Waals surface area contributed by atoms with Crippen LogP contribution in [-0.4, -0.2) is 18.1 Å². The molecule has 2 amide bonds. The molecule has 8 heteroatoms. The van der Waals surface area contributed by atoms with Crippen molar-refractivity contribution in [3.63, 3.8) is 0 Å². The normalized spacial score (nSPS) is 10.5. The van der Waals surface area contributed by atoms with Gasteiger partial charge in [0.1, 0.15) is 5.82 Å². The van der Waals surface area contributed by atoms with Crippen LogP contribution in [0.4, 0.5) is 14.9 Å². The van der Waals surface area contributed by atoms with E-state index in [9.17, 15) is 14.0 Å². The number of carbonyl (C=O) groups excluding carboxylic acids is 2. The minimum absolute atomic E-state index is 0.0788. The fraction of sp³-hybridized carbons (Fsp3) is 0.200. The Morgan fingerprint density at radius 2 is 1.82 bits per heavy atom. The summed E-state index contributed by atoms with van der Waals surface area (Å²) in [4.78, 5) is 22.2. The molecule has 5 N–H and O–H groups in total. The topological polar surface area (TPSA) is 105 Å². The van der Waals surface area contributed by atoms with Gasteiger partial charge < -0.3 is 21.1 Å². The van der Waals surface area contributed by atoms with E-state index in [4.69, 9.17) is 5.73 Å². The zero-order chi connectivity index (χ0) is 24.6. The molecule has 0 fully saturated rings. The Morgan fingerprint density at radius 1 is 1.12 bits per heavy atom. The zero-order valence-corrected chi connectivity index (χ0v) is 19.1. The van der Waals surface area contributed by atoms with E-state index in [0.29, 0.717) is 12.2 Å². The average Bonchev–Trinajstić information content (AvgIpc) is 2.74. The van der Waals surface area contributed by atoms with E-state index in [0.717, 1.165) is 16.7 Å². The zero-order valence-electron chi connectivity index (χ0n) is 19.1. The molecule has 0 aliphatic rings. The molecule has 2 aromatic carbocycles. The van der Waals surface area contributed by atoms with E-state index in [1.165, 1.54) is 30.6 Å². The summed E-state index contributed by atoms with van der Waals surface area (Å²) in [6.45, 7) is 9.36. The lowest BCUT2D eigenvalue weighted by atomic mass is 10.1. The highest BCUT2D eigenvalue weighted by atomic mass is 19.1. The highest BCUT2D eigenvalue weighted by Gasteiger charge is 1.99. The van der Waals surface area contributed by atoms with Gasteiger partial charge in [0, 0.05) is 30.7 Å². The first-order valence-corrected chi connectivity index (χ1v) is 10.3. The summed E-state index contributed by atoms with van der Waals surface area (Å²) in [6.07, 6.45) is 6.97. The van der Waals surface area contributed by atoms with Crippen LogP contribution in [0.3, 0.4) is 0 Å². The molecule has 0 spiro atoms. The maximum Gasteiger partial charge on any atom is 0.411 e. The van der Waals surface area contributed by atoms with E-state index in [1.807, 2.05) is 25.1 Å². The van der Waals surface area contributed by atoms with Crippen molar-refractivity contribution < 1.29 is 18.7 Å². The van der Waals surface area contributed by atoms with Crippen molar-refractivity contribution in [3.05, 3.63) is 96.2 Å². The van der Waals surface area contributed by atoms with Crippen molar-refractivity contribution >= 4 is 23.8 Å². The van der Waals surface area contributed by atoms with Crippen LogP contribution in [0.5, 0.6) is 0 Å². The third-order valence-corrected chi connectivity index (χ3v) is 3.87. The fourth-order valence-electron chi connectivity index (χ4n) is 2.35. The number of aryl methyl sites for hydroxylation is 1. The molecule has 2 rings (SSSR count). The van der Waals surface area contributed by atoms with Gasteiger partial charge in [0.15, 0.2) is 0 Å². The van der Waals surface area contributed by atoms with Gasteiger partial charge in [-0.15, -0.1) is 0 Å². The lowest BCUT2D eigenvalue weighted by Gasteiger charge is -2.05. The number of nitrogen functional groups attached to an aromatic ring is 1. The standard InChI is InChI=1S/C19H20FN3O.C6H11NO2/c1-14-2-5-16(18(21)12-14)6-9-19(24)23-11-10-22-13-15-3-7-17(20)8-4-15;1-4-7-6(8)9-5(2)3/h2-12,22H,13,21H2,1H3,(H,23,24);4-5H,1H2,2-3H3,(H,7,8)/b9-6+,11-10+;. The van der Waals surface area contributed by atoms with Gasteiger partial charge in [-0.05, 0) is 67.9 Å². The van der Waals surface area contributed by atoms with Crippen molar-refractivity contribution in [1.82, 2.24) is 16.0 Å². The third kappa shape index (κ3) is 12.4. The Labute approximate surface area is 194 Å². The van der Waals surface area contributed by atoms with Crippen molar-refractivity contribution in [2.45, 2.75) is 33.4 Å². The van der Waals surface area contributed by atoms with Crippen molar-refractivity contribution in [1.29, 1.82) is 0 Å². The molecule has 0 radical (unpaired) electrons. The number of alkyl carbamates (subject to hydrolysis) is 1. The smallest absolute Gasteiger partial charge is 0.411 e. The summed E-state index contributed by atoms with van der Waals surface area (Å²) in [5, 5.41) is 7.89. The van der Waals surface area contributed by atoms with Crippen LogP contribution in [0.15, 0.2) is 73.7 Å². The van der Waals surface area contributed by atoms with Crippen molar-refractivity contribution in [2.75, 3.05) is 5.73 Å². The molecule has 176 valence electrons. The average molecular weight is 455 g/mol. The maximum absolute atomic E-state index is 12.8. The molecule has 0 unspecified atom stereocenters. The lowest BCUT2D eigenvalue weighted by Crippen LogP contribution is -2.21. The monoisotopic (exact) mass is 454 g/mol. The van der Waals surface area contributed by atoms with Crippen LogP contribution in [-0.2, 0) is 16.1 Å². The second kappa shape index (κ2) is 14.9. The highest BCUT2D eigenvalue weighted by Crippen LogP contribution is 2.15. The maximum atomic E-state index is 12.8. The fourth-order valence-corrected chi connectivity index (χ4v) is 2.35. The Bertz CT molecular complexity index is 970. The van der Waals surface area contributed by atoms with Gasteiger partial charge in [-0.1, -0.05) is 30.8 Å². The molecule has 0 aliphatic heterocycles. The Kier molecular flexibility index (Phi) is 12.1. The Hall–Kier alpha value is -4.07. The molecule has 0 aliphatic carbocycles. The summed E-state index contributed by atoms with van der Waals surface area (Å²) < 4.78 is 17.4. The second-order valence-electron chi connectivity index (χ2n) is 7.12. The first kappa shape index (κ1) is 27.0. The predicted molar refractivity (Wildman–Crippen MR) is 130 cm³/mol. The van der Waals surface area contributed by atoms with Crippen LogP contribution in [0, 0.1) is 12.7 Å². The van der Waals surface area contributed by atoms with E-state index in [1.54, 1.807) is 38.3 Å². The van der Waals surface area contributed by atoms with E-state index in [-0.39, 0.29) is 17.8 Å². The van der Waals surface area contributed by atoms with Crippen LogP contribution in [0.2, 0.25) is 0 Å². The molecular formula is C25H31FN4O3. The molecular weight excluding hydrogens is 423 g/mol.